The summed E-state index contributed by atoms with van der Waals surface area (Å²) in [6.45, 7) is 0.297. The molecule has 0 amide bonds. The highest BCUT2D eigenvalue weighted by atomic mass is 32.1. The quantitative estimate of drug-likeness (QED) is 0.550. The van der Waals surface area contributed by atoms with Gasteiger partial charge in [0.05, 0.1) is 0 Å². The average Bonchev–Trinajstić information content (AvgIpc) is 3.03. The molecule has 0 radical (unpaired) electrons. The second kappa shape index (κ2) is 6.72. The van der Waals surface area contributed by atoms with Crippen molar-refractivity contribution in [1.29, 1.82) is 0 Å². The highest BCUT2D eigenvalue weighted by Crippen LogP contribution is 2.35. The second-order valence-corrected chi connectivity index (χ2v) is 7.67. The van der Waals surface area contributed by atoms with Gasteiger partial charge in [-0.25, -0.2) is 4.57 Å². The molecule has 2 N–H and O–H groups in total. The van der Waals surface area contributed by atoms with E-state index in [9.17, 15) is 4.57 Å². The van der Waals surface area contributed by atoms with Crippen LogP contribution in [0.2, 0.25) is 0 Å². The molecular formula is C16H16N2O3PS+. The normalized spacial score (nSPS) is 11.6. The van der Waals surface area contributed by atoms with Gasteiger partial charge in [-0.3, -0.25) is 9.55 Å². The Labute approximate surface area is 138 Å². The third kappa shape index (κ3) is 4.12. The monoisotopic (exact) mass is 347 g/mol. The molecule has 3 aromatic rings. The Balaban J connectivity index is 1.84. The molecule has 0 saturated heterocycles. The molecule has 5 nitrogen and oxygen atoms in total. The fraction of sp³-hybridized carbons (Fsp3) is 0.125. The minimum Gasteiger partial charge on any atom is -0.324 e. The molecular weight excluding hydrogens is 331 g/mol. The first-order valence-corrected chi connectivity index (χ1v) is 9.78. The lowest BCUT2D eigenvalue weighted by Crippen LogP contribution is -2.34. The maximum Gasteiger partial charge on any atom is 0.331 e. The Morgan fingerprint density at radius 2 is 1.57 bits per heavy atom. The lowest BCUT2D eigenvalue weighted by atomic mass is 10.0. The van der Waals surface area contributed by atoms with Crippen LogP contribution in [0.1, 0.15) is 0 Å². The molecule has 118 valence electrons. The van der Waals surface area contributed by atoms with Gasteiger partial charge in [0.25, 0.3) is 0 Å². The van der Waals surface area contributed by atoms with Gasteiger partial charge < -0.3 is 9.79 Å². The molecule has 0 unspecified atom stereocenters. The Kier molecular flexibility index (Phi) is 4.68. The largest absolute Gasteiger partial charge is 0.331 e. The summed E-state index contributed by atoms with van der Waals surface area (Å²) >= 11 is 1.64. The minimum atomic E-state index is -3.96. The second-order valence-electron chi connectivity index (χ2n) is 5.15. The van der Waals surface area contributed by atoms with E-state index in [1.165, 1.54) is 0 Å². The molecule has 0 bridgehead atoms. The predicted molar refractivity (Wildman–Crippen MR) is 90.1 cm³/mol. The summed E-state index contributed by atoms with van der Waals surface area (Å²) in [7, 11) is -3.96. The van der Waals surface area contributed by atoms with Crippen molar-refractivity contribution in [3.8, 4) is 22.3 Å². The number of rotatable bonds is 5. The van der Waals surface area contributed by atoms with Crippen LogP contribution >= 0.6 is 18.9 Å². The van der Waals surface area contributed by atoms with E-state index in [-0.39, 0.29) is 6.16 Å². The van der Waals surface area contributed by atoms with Crippen molar-refractivity contribution in [2.75, 3.05) is 6.16 Å². The molecule has 0 aromatic carbocycles. The van der Waals surface area contributed by atoms with Gasteiger partial charge in [0.15, 0.2) is 18.9 Å². The fourth-order valence-corrected chi connectivity index (χ4v) is 3.67. The number of thiophene rings is 1. The van der Waals surface area contributed by atoms with Crippen LogP contribution in [-0.4, -0.2) is 20.9 Å². The van der Waals surface area contributed by atoms with Gasteiger partial charge in [0.1, 0.15) is 6.16 Å². The summed E-state index contributed by atoms with van der Waals surface area (Å²) in [6, 6.07) is 7.89. The highest BCUT2D eigenvalue weighted by molar-refractivity contribution is 7.51. The van der Waals surface area contributed by atoms with Crippen molar-refractivity contribution in [1.82, 2.24) is 4.98 Å². The first kappa shape index (κ1) is 16.0. The van der Waals surface area contributed by atoms with Crippen LogP contribution in [-0.2, 0) is 11.1 Å². The van der Waals surface area contributed by atoms with E-state index in [0.717, 1.165) is 22.3 Å². The summed E-state index contributed by atoms with van der Waals surface area (Å²) in [5, 5.41) is 4.21. The summed E-state index contributed by atoms with van der Waals surface area (Å²) in [6.07, 6.45) is 7.09. The molecule has 0 spiro atoms. The predicted octanol–water partition coefficient (Wildman–Crippen LogP) is 2.94. The third-order valence-corrected chi connectivity index (χ3v) is 5.03. The molecule has 0 aliphatic carbocycles. The van der Waals surface area contributed by atoms with E-state index in [0.29, 0.717) is 6.54 Å². The molecule has 0 saturated carbocycles. The van der Waals surface area contributed by atoms with Gasteiger partial charge in [0.2, 0.25) is 0 Å². The first-order chi connectivity index (χ1) is 11.0. The van der Waals surface area contributed by atoms with Crippen LogP contribution in [0.15, 0.2) is 59.8 Å². The molecule has 3 rings (SSSR count). The van der Waals surface area contributed by atoms with E-state index in [1.54, 1.807) is 28.3 Å². The van der Waals surface area contributed by atoms with Crippen molar-refractivity contribution in [3.05, 3.63) is 59.8 Å². The summed E-state index contributed by atoms with van der Waals surface area (Å²) in [5.74, 6) is 0. The van der Waals surface area contributed by atoms with Crippen LogP contribution in [0.3, 0.4) is 0 Å². The molecule has 0 fully saturated rings. The van der Waals surface area contributed by atoms with E-state index in [4.69, 9.17) is 9.79 Å². The number of aromatic nitrogens is 2. The lowest BCUT2D eigenvalue weighted by Gasteiger charge is -2.05. The van der Waals surface area contributed by atoms with Crippen LogP contribution in [0, 0.1) is 0 Å². The summed E-state index contributed by atoms with van der Waals surface area (Å²) < 4.78 is 12.7. The average molecular weight is 347 g/mol. The number of aryl methyl sites for hydroxylation is 1. The van der Waals surface area contributed by atoms with Crippen molar-refractivity contribution in [2.45, 2.75) is 6.54 Å². The molecule has 0 aliphatic rings. The van der Waals surface area contributed by atoms with Crippen molar-refractivity contribution in [3.63, 3.8) is 0 Å². The zero-order valence-corrected chi connectivity index (χ0v) is 14.0. The van der Waals surface area contributed by atoms with Crippen molar-refractivity contribution < 1.29 is 18.9 Å². The zero-order valence-electron chi connectivity index (χ0n) is 12.2. The third-order valence-electron chi connectivity index (χ3n) is 3.50. The smallest absolute Gasteiger partial charge is 0.324 e. The number of hydrogen-bond acceptors (Lipinski definition) is 3. The number of nitrogens with zero attached hydrogens (tertiary/aromatic N) is 2. The lowest BCUT2D eigenvalue weighted by molar-refractivity contribution is -0.692. The summed E-state index contributed by atoms with van der Waals surface area (Å²) in [4.78, 5) is 21.9. The standard InChI is InChI=1S/C16H15N2O3PS/c19-22(20,21)10-9-18-7-3-14(4-8-18)16-12-23-11-15(16)13-1-5-17-6-2-13/h1-8,11-12H,9-10H2,(H-,19,20,21)/p+1. The van der Waals surface area contributed by atoms with Gasteiger partial charge in [-0.05, 0) is 34.0 Å². The topological polar surface area (TPSA) is 74.3 Å². The SMILES string of the molecule is O=P(O)(O)CC[n+]1ccc(-c2cscc2-c2ccncc2)cc1. The maximum atomic E-state index is 10.9. The maximum absolute atomic E-state index is 10.9. The number of pyridine rings is 2. The van der Waals surface area contributed by atoms with Crippen LogP contribution in [0.25, 0.3) is 22.3 Å². The van der Waals surface area contributed by atoms with E-state index in [2.05, 4.69) is 15.7 Å². The Hall–Kier alpha value is -1.85. The highest BCUT2D eigenvalue weighted by Gasteiger charge is 2.16. The Morgan fingerprint density at radius 1 is 1.00 bits per heavy atom. The van der Waals surface area contributed by atoms with Crippen LogP contribution in [0.4, 0.5) is 0 Å². The molecule has 3 heterocycles. The van der Waals surface area contributed by atoms with Crippen molar-refractivity contribution >= 4 is 18.9 Å². The summed E-state index contributed by atoms with van der Waals surface area (Å²) in [5.41, 5.74) is 4.49. The first-order valence-electron chi connectivity index (χ1n) is 7.03. The van der Waals surface area contributed by atoms with E-state index < -0.39 is 7.60 Å². The fourth-order valence-electron chi connectivity index (χ4n) is 2.31. The van der Waals surface area contributed by atoms with Crippen LogP contribution in [0.5, 0.6) is 0 Å². The van der Waals surface area contributed by atoms with Gasteiger partial charge in [-0.2, -0.15) is 11.3 Å². The number of hydrogen-bond donors (Lipinski definition) is 2. The van der Waals surface area contributed by atoms with Gasteiger partial charge >= 0.3 is 7.60 Å². The molecule has 0 aliphatic heterocycles. The van der Waals surface area contributed by atoms with Crippen LogP contribution < -0.4 is 4.57 Å². The molecule has 7 heteroatoms. The Morgan fingerprint density at radius 3 is 2.13 bits per heavy atom. The van der Waals surface area contributed by atoms with Crippen molar-refractivity contribution in [2.24, 2.45) is 0 Å². The Bertz CT molecular complexity index is 828. The van der Waals surface area contributed by atoms with Gasteiger partial charge in [-0.1, -0.05) is 0 Å². The molecule has 0 atom stereocenters. The molecule has 3 aromatic heterocycles. The molecule has 23 heavy (non-hydrogen) atoms. The zero-order chi connectivity index (χ0) is 16.3. The van der Waals surface area contributed by atoms with E-state index in [1.807, 2.05) is 36.7 Å². The van der Waals surface area contributed by atoms with Gasteiger partial charge in [-0.15, -0.1) is 0 Å². The van der Waals surface area contributed by atoms with Gasteiger partial charge in [0, 0.05) is 35.7 Å². The minimum absolute atomic E-state index is 0.155. The van der Waals surface area contributed by atoms with E-state index >= 15 is 0 Å².